The Labute approximate surface area is 154 Å². The van der Waals surface area contributed by atoms with E-state index in [9.17, 15) is 9.90 Å². The monoisotopic (exact) mass is 375 g/mol. The van der Waals surface area contributed by atoms with Gasteiger partial charge in [-0.25, -0.2) is 0 Å². The molecule has 2 aliphatic rings. The predicted molar refractivity (Wildman–Crippen MR) is 94.8 cm³/mol. The van der Waals surface area contributed by atoms with Crippen LogP contribution in [0.2, 0.25) is 0 Å². The number of carbonyl (C=O) groups is 1. The predicted octanol–water partition coefficient (Wildman–Crippen LogP) is -2.94. The van der Waals surface area contributed by atoms with E-state index in [1.807, 2.05) is 0 Å². The minimum absolute atomic E-state index is 0.138. The number of nitrogens with two attached hydrogens (primary N) is 4. The molecule has 0 spiro atoms. The lowest BCUT2D eigenvalue weighted by Crippen LogP contribution is -2.67. The summed E-state index contributed by atoms with van der Waals surface area (Å²) in [6, 6.07) is -1.47. The van der Waals surface area contributed by atoms with E-state index in [0.717, 1.165) is 6.42 Å². The molecule has 0 aromatic heterocycles. The van der Waals surface area contributed by atoms with E-state index < -0.39 is 36.7 Å². The van der Waals surface area contributed by atoms with E-state index in [2.05, 4.69) is 0 Å². The summed E-state index contributed by atoms with van der Waals surface area (Å²) in [7, 11) is 3.10. The molecule has 2 rings (SSSR count). The lowest BCUT2D eigenvalue weighted by atomic mass is 9.83. The fourth-order valence-corrected chi connectivity index (χ4v) is 3.75. The van der Waals surface area contributed by atoms with Crippen LogP contribution in [-0.2, 0) is 19.0 Å². The standard InChI is InChI=1S/C16H33N5O5/c1-21(12(22)7-18)13-11(24-2)5-10(20)15(14(13)23)26-16-9(19)4-3-8(6-17)25-16/h8-11,13-16,23H,3-7,17-20H2,1-2H3. The van der Waals surface area contributed by atoms with Gasteiger partial charge < -0.3 is 47.2 Å². The van der Waals surface area contributed by atoms with Gasteiger partial charge in [-0.05, 0) is 19.3 Å². The van der Waals surface area contributed by atoms with Crippen molar-refractivity contribution in [3.63, 3.8) is 0 Å². The zero-order chi connectivity index (χ0) is 19.4. The summed E-state index contributed by atoms with van der Waals surface area (Å²) < 4.78 is 17.2. The molecule has 152 valence electrons. The first kappa shape index (κ1) is 21.5. The molecule has 0 bridgehead atoms. The Morgan fingerprint density at radius 1 is 1.27 bits per heavy atom. The molecule has 10 heteroatoms. The minimum Gasteiger partial charge on any atom is -0.388 e. The average molecular weight is 375 g/mol. The topological polar surface area (TPSA) is 172 Å². The van der Waals surface area contributed by atoms with Gasteiger partial charge in [0.2, 0.25) is 5.91 Å². The van der Waals surface area contributed by atoms with Crippen LogP contribution in [0.4, 0.5) is 0 Å². The lowest BCUT2D eigenvalue weighted by molar-refractivity contribution is -0.253. The van der Waals surface area contributed by atoms with Crippen LogP contribution < -0.4 is 22.9 Å². The molecule has 1 heterocycles. The lowest BCUT2D eigenvalue weighted by Gasteiger charge is -2.48. The van der Waals surface area contributed by atoms with Crippen molar-refractivity contribution in [3.8, 4) is 0 Å². The summed E-state index contributed by atoms with van der Waals surface area (Å²) >= 11 is 0. The van der Waals surface area contributed by atoms with Crippen molar-refractivity contribution >= 4 is 5.91 Å². The third-order valence-electron chi connectivity index (χ3n) is 5.36. The van der Waals surface area contributed by atoms with Gasteiger partial charge in [-0.3, -0.25) is 4.79 Å². The Balaban J connectivity index is 2.15. The first-order valence-corrected chi connectivity index (χ1v) is 9.02. The molecule has 8 atom stereocenters. The van der Waals surface area contributed by atoms with Gasteiger partial charge in [0, 0.05) is 26.7 Å². The summed E-state index contributed by atoms with van der Waals surface area (Å²) in [5.41, 5.74) is 23.5. The van der Waals surface area contributed by atoms with E-state index in [1.54, 1.807) is 7.05 Å². The van der Waals surface area contributed by atoms with Crippen LogP contribution in [-0.4, -0.2) is 92.0 Å². The summed E-state index contributed by atoms with van der Waals surface area (Å²) in [4.78, 5) is 13.4. The van der Waals surface area contributed by atoms with Crippen molar-refractivity contribution in [1.29, 1.82) is 0 Å². The number of carbonyl (C=O) groups excluding carboxylic acids is 1. The van der Waals surface area contributed by atoms with Crippen molar-refractivity contribution in [2.24, 2.45) is 22.9 Å². The maximum atomic E-state index is 12.0. The normalized spacial score (nSPS) is 41.0. The Bertz CT molecular complexity index is 470. The van der Waals surface area contributed by atoms with E-state index >= 15 is 0 Å². The molecule has 2 fully saturated rings. The van der Waals surface area contributed by atoms with Gasteiger partial charge in [0.05, 0.1) is 30.8 Å². The number of hydrogen-bond acceptors (Lipinski definition) is 9. The molecule has 1 aliphatic carbocycles. The Hall–Kier alpha value is -0.850. The Morgan fingerprint density at radius 2 is 1.96 bits per heavy atom. The molecule has 1 saturated carbocycles. The van der Waals surface area contributed by atoms with Crippen LogP contribution in [0.25, 0.3) is 0 Å². The van der Waals surface area contributed by atoms with Crippen LogP contribution in [0.3, 0.4) is 0 Å². The molecular formula is C16H33N5O5. The molecule has 1 amide bonds. The van der Waals surface area contributed by atoms with Gasteiger partial charge in [0.15, 0.2) is 6.29 Å². The molecule has 0 aromatic rings. The second-order valence-corrected chi connectivity index (χ2v) is 7.07. The van der Waals surface area contributed by atoms with E-state index in [-0.39, 0.29) is 24.6 Å². The highest BCUT2D eigenvalue weighted by Gasteiger charge is 2.48. The van der Waals surface area contributed by atoms with E-state index in [1.165, 1.54) is 12.0 Å². The number of aliphatic hydroxyl groups is 1. The third kappa shape index (κ3) is 4.52. The molecule has 8 unspecified atom stereocenters. The number of ether oxygens (including phenoxy) is 3. The smallest absolute Gasteiger partial charge is 0.236 e. The van der Waals surface area contributed by atoms with E-state index in [0.29, 0.717) is 19.4 Å². The van der Waals surface area contributed by atoms with Crippen LogP contribution >= 0.6 is 0 Å². The largest absolute Gasteiger partial charge is 0.388 e. The van der Waals surface area contributed by atoms with Gasteiger partial charge in [0.1, 0.15) is 12.2 Å². The molecular weight excluding hydrogens is 342 g/mol. The molecule has 0 aromatic carbocycles. The van der Waals surface area contributed by atoms with Crippen molar-refractivity contribution in [1.82, 2.24) is 4.90 Å². The minimum atomic E-state index is -1.07. The molecule has 1 saturated heterocycles. The highest BCUT2D eigenvalue weighted by molar-refractivity contribution is 5.78. The quantitative estimate of drug-likeness (QED) is 0.325. The van der Waals surface area contributed by atoms with Crippen LogP contribution in [0.5, 0.6) is 0 Å². The zero-order valence-corrected chi connectivity index (χ0v) is 15.5. The molecule has 1 aliphatic heterocycles. The molecule has 26 heavy (non-hydrogen) atoms. The third-order valence-corrected chi connectivity index (χ3v) is 5.36. The number of aliphatic hydroxyl groups excluding tert-OH is 1. The number of nitrogens with zero attached hydrogens (tertiary/aromatic N) is 1. The van der Waals surface area contributed by atoms with Crippen LogP contribution in [0.1, 0.15) is 19.3 Å². The maximum absolute atomic E-state index is 12.0. The first-order chi connectivity index (χ1) is 12.3. The molecule has 10 nitrogen and oxygen atoms in total. The van der Waals surface area contributed by atoms with E-state index in [4.69, 9.17) is 37.1 Å². The van der Waals surface area contributed by atoms with Crippen molar-refractivity contribution in [3.05, 3.63) is 0 Å². The maximum Gasteiger partial charge on any atom is 0.236 e. The van der Waals surface area contributed by atoms with Gasteiger partial charge in [-0.15, -0.1) is 0 Å². The SMILES string of the molecule is COC1CC(N)C(OC2OC(CN)CCC2N)C(O)C1N(C)C(=O)CN. The van der Waals surface area contributed by atoms with Crippen LogP contribution in [0.15, 0.2) is 0 Å². The zero-order valence-electron chi connectivity index (χ0n) is 15.5. The summed E-state index contributed by atoms with van der Waals surface area (Å²) in [6.45, 7) is 0.205. The van der Waals surface area contributed by atoms with Crippen LogP contribution in [0, 0.1) is 0 Å². The van der Waals surface area contributed by atoms with Crippen molar-refractivity contribution in [2.45, 2.75) is 68.1 Å². The van der Waals surface area contributed by atoms with Gasteiger partial charge in [-0.2, -0.15) is 0 Å². The average Bonchev–Trinajstić information content (AvgIpc) is 2.64. The number of amides is 1. The first-order valence-electron chi connectivity index (χ1n) is 9.02. The second-order valence-electron chi connectivity index (χ2n) is 7.07. The summed E-state index contributed by atoms with van der Waals surface area (Å²) in [6.07, 6.45) is -1.23. The van der Waals surface area contributed by atoms with Gasteiger partial charge >= 0.3 is 0 Å². The highest BCUT2D eigenvalue weighted by atomic mass is 16.7. The summed E-state index contributed by atoms with van der Waals surface area (Å²) in [5, 5.41) is 10.9. The number of likely N-dealkylation sites (N-methyl/N-ethyl adjacent to an activating group) is 1. The molecule has 0 radical (unpaired) electrons. The highest BCUT2D eigenvalue weighted by Crippen LogP contribution is 2.30. The summed E-state index contributed by atoms with van der Waals surface area (Å²) in [5.74, 6) is -0.306. The fourth-order valence-electron chi connectivity index (χ4n) is 3.75. The molecule has 9 N–H and O–H groups in total. The number of hydrogen-bond donors (Lipinski definition) is 5. The van der Waals surface area contributed by atoms with Crippen molar-refractivity contribution < 1.29 is 24.1 Å². The van der Waals surface area contributed by atoms with Crippen molar-refractivity contribution in [2.75, 3.05) is 27.2 Å². The fraction of sp³-hybridized carbons (Fsp3) is 0.938. The number of methoxy groups -OCH3 is 1. The number of rotatable bonds is 6. The van der Waals surface area contributed by atoms with Gasteiger partial charge in [-0.1, -0.05) is 0 Å². The Morgan fingerprint density at radius 3 is 2.54 bits per heavy atom. The Kier molecular flexibility index (Phi) is 7.74. The van der Waals surface area contributed by atoms with Gasteiger partial charge in [0.25, 0.3) is 0 Å². The second kappa shape index (κ2) is 9.38.